The molecule has 1 N–H and O–H groups in total. The summed E-state index contributed by atoms with van der Waals surface area (Å²) in [5, 5.41) is 11.0. The van der Waals surface area contributed by atoms with Crippen LogP contribution >= 0.6 is 22.7 Å². The van der Waals surface area contributed by atoms with Crippen LogP contribution in [0.5, 0.6) is 0 Å². The smallest absolute Gasteiger partial charge is 0.345 e. The summed E-state index contributed by atoms with van der Waals surface area (Å²) in [5.74, 6) is -0.845. The largest absolute Gasteiger partial charge is 0.477 e. The van der Waals surface area contributed by atoms with Gasteiger partial charge in [-0.2, -0.15) is 0 Å². The molecule has 2 nitrogen and oxygen atoms in total. The Morgan fingerprint density at radius 3 is 2.53 bits per heavy atom. The lowest BCUT2D eigenvalue weighted by molar-refractivity contribution is 0.0702. The predicted molar refractivity (Wildman–Crippen MR) is 64.1 cm³/mol. The van der Waals surface area contributed by atoms with Crippen LogP contribution in [0.3, 0.4) is 0 Å². The third-order valence-electron chi connectivity index (χ3n) is 2.08. The lowest BCUT2D eigenvalue weighted by atomic mass is 10.2. The standard InChI is InChI=1S/C11H10O2S2/c1-6-3-8(14-5-6)10-7(2)4-9(15-10)11(12)13/h3-5H,1-2H3,(H,12,13). The lowest BCUT2D eigenvalue weighted by Crippen LogP contribution is -1.89. The monoisotopic (exact) mass is 238 g/mol. The van der Waals surface area contributed by atoms with E-state index in [0.29, 0.717) is 4.88 Å². The van der Waals surface area contributed by atoms with Gasteiger partial charge >= 0.3 is 5.97 Å². The molecule has 78 valence electrons. The van der Waals surface area contributed by atoms with Crippen LogP contribution in [-0.4, -0.2) is 11.1 Å². The molecule has 0 aliphatic carbocycles. The van der Waals surface area contributed by atoms with E-state index in [1.165, 1.54) is 16.9 Å². The maximum absolute atomic E-state index is 10.8. The van der Waals surface area contributed by atoms with Gasteiger partial charge in [0.25, 0.3) is 0 Å². The van der Waals surface area contributed by atoms with Crippen molar-refractivity contribution in [1.82, 2.24) is 0 Å². The number of aryl methyl sites for hydroxylation is 2. The number of carbonyl (C=O) groups is 1. The Bertz CT molecular complexity index is 508. The number of thiophene rings is 2. The van der Waals surface area contributed by atoms with E-state index < -0.39 is 5.97 Å². The van der Waals surface area contributed by atoms with E-state index in [0.717, 1.165) is 15.3 Å². The predicted octanol–water partition coefficient (Wildman–Crippen LogP) is 3.79. The van der Waals surface area contributed by atoms with Gasteiger partial charge in [0.2, 0.25) is 0 Å². The highest BCUT2D eigenvalue weighted by Crippen LogP contribution is 2.36. The topological polar surface area (TPSA) is 37.3 Å². The minimum absolute atomic E-state index is 0.411. The van der Waals surface area contributed by atoms with Gasteiger partial charge < -0.3 is 5.11 Å². The number of carboxylic acids is 1. The molecule has 0 spiro atoms. The molecule has 0 radical (unpaired) electrons. The number of hydrogen-bond acceptors (Lipinski definition) is 3. The van der Waals surface area contributed by atoms with Crippen molar-refractivity contribution < 1.29 is 9.90 Å². The molecule has 2 aromatic heterocycles. The van der Waals surface area contributed by atoms with Gasteiger partial charge in [0, 0.05) is 9.75 Å². The maximum Gasteiger partial charge on any atom is 0.345 e. The van der Waals surface area contributed by atoms with Crippen molar-refractivity contribution in [3.05, 3.63) is 33.5 Å². The van der Waals surface area contributed by atoms with Crippen LogP contribution in [-0.2, 0) is 0 Å². The Labute approximate surface area is 95.8 Å². The van der Waals surface area contributed by atoms with Crippen molar-refractivity contribution in [3.8, 4) is 9.75 Å². The molecular formula is C11H10O2S2. The number of hydrogen-bond donors (Lipinski definition) is 1. The van der Waals surface area contributed by atoms with Crippen LogP contribution in [0.2, 0.25) is 0 Å². The molecule has 0 fully saturated rings. The summed E-state index contributed by atoms with van der Waals surface area (Å²) in [6.45, 7) is 3.99. The van der Waals surface area contributed by atoms with E-state index >= 15 is 0 Å². The fourth-order valence-electron chi connectivity index (χ4n) is 1.38. The molecule has 0 aliphatic heterocycles. The Hall–Kier alpha value is -1.13. The minimum atomic E-state index is -0.845. The summed E-state index contributed by atoms with van der Waals surface area (Å²) >= 11 is 3.00. The van der Waals surface area contributed by atoms with Gasteiger partial charge in [-0.3, -0.25) is 0 Å². The highest BCUT2D eigenvalue weighted by atomic mass is 32.1. The van der Waals surface area contributed by atoms with Crippen molar-refractivity contribution in [3.63, 3.8) is 0 Å². The molecule has 4 heteroatoms. The summed E-state index contributed by atoms with van der Waals surface area (Å²) < 4.78 is 0. The second kappa shape index (κ2) is 3.79. The summed E-state index contributed by atoms with van der Waals surface area (Å²) in [4.78, 5) is 13.5. The molecule has 0 unspecified atom stereocenters. The molecule has 0 aliphatic rings. The Kier molecular flexibility index (Phi) is 2.63. The zero-order valence-electron chi connectivity index (χ0n) is 8.40. The molecule has 0 saturated heterocycles. The molecule has 2 rings (SSSR count). The number of carboxylic acid groups (broad SMARTS) is 1. The quantitative estimate of drug-likeness (QED) is 0.864. The van der Waals surface area contributed by atoms with Crippen LogP contribution in [0.1, 0.15) is 20.8 Å². The summed E-state index contributed by atoms with van der Waals surface area (Å²) in [7, 11) is 0. The third kappa shape index (κ3) is 1.96. The maximum atomic E-state index is 10.8. The van der Waals surface area contributed by atoms with E-state index in [2.05, 4.69) is 11.4 Å². The zero-order chi connectivity index (χ0) is 11.0. The first-order valence-electron chi connectivity index (χ1n) is 4.47. The SMILES string of the molecule is Cc1csc(-c2sc(C(=O)O)cc2C)c1. The fraction of sp³-hybridized carbons (Fsp3) is 0.182. The van der Waals surface area contributed by atoms with E-state index in [-0.39, 0.29) is 0 Å². The second-order valence-electron chi connectivity index (χ2n) is 3.42. The van der Waals surface area contributed by atoms with Crippen molar-refractivity contribution in [2.45, 2.75) is 13.8 Å². The van der Waals surface area contributed by atoms with Gasteiger partial charge in [-0.05, 0) is 42.5 Å². The van der Waals surface area contributed by atoms with Crippen LogP contribution in [0.25, 0.3) is 9.75 Å². The van der Waals surface area contributed by atoms with Crippen molar-refractivity contribution >= 4 is 28.6 Å². The molecular weight excluding hydrogens is 228 g/mol. The summed E-state index contributed by atoms with van der Waals surface area (Å²) in [6, 6.07) is 3.83. The van der Waals surface area contributed by atoms with Crippen molar-refractivity contribution in [1.29, 1.82) is 0 Å². The average molecular weight is 238 g/mol. The molecule has 0 amide bonds. The summed E-state index contributed by atoms with van der Waals surface area (Å²) in [5.41, 5.74) is 2.26. The molecule has 0 saturated carbocycles. The van der Waals surface area contributed by atoms with E-state index in [9.17, 15) is 4.79 Å². The fourth-order valence-corrected chi connectivity index (χ4v) is 3.48. The Balaban J connectivity index is 2.49. The summed E-state index contributed by atoms with van der Waals surface area (Å²) in [6.07, 6.45) is 0. The second-order valence-corrected chi connectivity index (χ2v) is 5.38. The third-order valence-corrected chi connectivity index (χ3v) is 4.54. The molecule has 2 heterocycles. The van der Waals surface area contributed by atoms with Gasteiger partial charge in [-0.15, -0.1) is 22.7 Å². The Morgan fingerprint density at radius 1 is 1.33 bits per heavy atom. The highest BCUT2D eigenvalue weighted by Gasteiger charge is 2.13. The van der Waals surface area contributed by atoms with Gasteiger partial charge in [0.15, 0.2) is 0 Å². The van der Waals surface area contributed by atoms with Crippen LogP contribution in [0.4, 0.5) is 0 Å². The van der Waals surface area contributed by atoms with Crippen LogP contribution in [0, 0.1) is 13.8 Å². The first-order chi connectivity index (χ1) is 7.08. The normalized spacial score (nSPS) is 10.5. The molecule has 0 aromatic carbocycles. The van der Waals surface area contributed by atoms with Crippen molar-refractivity contribution in [2.24, 2.45) is 0 Å². The zero-order valence-corrected chi connectivity index (χ0v) is 10.0. The Morgan fingerprint density at radius 2 is 2.07 bits per heavy atom. The van der Waals surface area contributed by atoms with Gasteiger partial charge in [-0.1, -0.05) is 0 Å². The lowest BCUT2D eigenvalue weighted by Gasteiger charge is -1.92. The highest BCUT2D eigenvalue weighted by molar-refractivity contribution is 7.22. The first-order valence-corrected chi connectivity index (χ1v) is 6.17. The molecule has 0 atom stereocenters. The van der Waals surface area contributed by atoms with E-state index in [1.807, 2.05) is 13.8 Å². The number of aromatic carboxylic acids is 1. The average Bonchev–Trinajstić information content (AvgIpc) is 2.71. The number of rotatable bonds is 2. The molecule has 2 aromatic rings. The minimum Gasteiger partial charge on any atom is -0.477 e. The van der Waals surface area contributed by atoms with Gasteiger partial charge in [0.05, 0.1) is 0 Å². The van der Waals surface area contributed by atoms with Crippen LogP contribution < -0.4 is 0 Å². The molecule has 15 heavy (non-hydrogen) atoms. The van der Waals surface area contributed by atoms with Gasteiger partial charge in [-0.25, -0.2) is 4.79 Å². The molecule has 0 bridgehead atoms. The van der Waals surface area contributed by atoms with E-state index in [4.69, 9.17) is 5.11 Å². The van der Waals surface area contributed by atoms with Crippen molar-refractivity contribution in [2.75, 3.05) is 0 Å². The van der Waals surface area contributed by atoms with E-state index in [1.54, 1.807) is 17.4 Å². The first kappa shape index (κ1) is 10.4. The van der Waals surface area contributed by atoms with Gasteiger partial charge in [0.1, 0.15) is 4.88 Å². The van der Waals surface area contributed by atoms with Crippen LogP contribution in [0.15, 0.2) is 17.5 Å².